The monoisotopic (exact) mass is 344 g/mol. The molecule has 2 unspecified atom stereocenters. The normalized spacial score (nSPS) is 34.2. The van der Waals surface area contributed by atoms with Gasteiger partial charge in [0.25, 0.3) is 0 Å². The molecule has 2 aliphatic carbocycles. The molecule has 0 saturated heterocycles. The Hall–Kier alpha value is -1.39. The summed E-state index contributed by atoms with van der Waals surface area (Å²) in [5.41, 5.74) is 6.77. The third kappa shape index (κ3) is 3.34. The molecule has 0 spiro atoms. The number of hydrogen-bond acceptors (Lipinski definition) is 3. The Kier molecular flexibility index (Phi) is 5.21. The molecule has 3 rings (SSSR count). The lowest BCUT2D eigenvalue weighted by atomic mass is 9.54. The Morgan fingerprint density at radius 1 is 1.20 bits per heavy atom. The predicted octanol–water partition coefficient (Wildman–Crippen LogP) is 3.36. The van der Waals surface area contributed by atoms with E-state index in [9.17, 15) is 4.79 Å². The van der Waals surface area contributed by atoms with Gasteiger partial charge in [0.2, 0.25) is 5.91 Å². The van der Waals surface area contributed by atoms with E-state index in [1.165, 1.54) is 5.56 Å². The summed E-state index contributed by atoms with van der Waals surface area (Å²) in [6.07, 6.45) is 4.98. The molecule has 4 heteroatoms. The van der Waals surface area contributed by atoms with Gasteiger partial charge < -0.3 is 15.8 Å². The molecule has 1 aromatic carbocycles. The topological polar surface area (TPSA) is 64.3 Å². The Balaban J connectivity index is 1.53. The average Bonchev–Trinajstić information content (AvgIpc) is 2.62. The van der Waals surface area contributed by atoms with Crippen LogP contribution in [-0.2, 0) is 9.53 Å². The van der Waals surface area contributed by atoms with Gasteiger partial charge in [0.05, 0.1) is 6.10 Å². The Bertz CT molecular complexity index is 593. The van der Waals surface area contributed by atoms with Crippen LogP contribution >= 0.6 is 0 Å². The van der Waals surface area contributed by atoms with Crippen LogP contribution in [0, 0.1) is 5.41 Å². The van der Waals surface area contributed by atoms with Crippen LogP contribution in [0.1, 0.15) is 64.4 Å². The zero-order chi connectivity index (χ0) is 18.1. The number of carbonyl (C=O) groups excluding carboxylic acids is 1. The van der Waals surface area contributed by atoms with Gasteiger partial charge in [-0.05, 0) is 44.1 Å². The number of ether oxygens (including phenoxy) is 1. The quantitative estimate of drug-likeness (QED) is 0.861. The van der Waals surface area contributed by atoms with E-state index >= 15 is 0 Å². The number of amides is 1. The molecule has 0 bridgehead atoms. The molecular weight excluding hydrogens is 312 g/mol. The first-order valence-electron chi connectivity index (χ1n) is 9.65. The van der Waals surface area contributed by atoms with Gasteiger partial charge in [0.15, 0.2) is 0 Å². The standard InChI is InChI=1S/C21H32N2O2/c1-4-25-18-14-21(22,20(18,2)3)19(24)23-17-12-10-16(11-13-17)15-8-6-5-7-9-15/h5-9,16-18H,4,10-14,22H2,1-3H3,(H,23,24). The number of hydrogen-bond donors (Lipinski definition) is 2. The molecule has 2 aliphatic rings. The smallest absolute Gasteiger partial charge is 0.241 e. The van der Waals surface area contributed by atoms with Gasteiger partial charge in [0.1, 0.15) is 5.54 Å². The van der Waals surface area contributed by atoms with Crippen LogP contribution in [0.3, 0.4) is 0 Å². The average molecular weight is 344 g/mol. The third-order valence-electron chi connectivity index (χ3n) is 6.57. The summed E-state index contributed by atoms with van der Waals surface area (Å²) >= 11 is 0. The summed E-state index contributed by atoms with van der Waals surface area (Å²) in [5, 5.41) is 3.23. The van der Waals surface area contributed by atoms with E-state index < -0.39 is 5.54 Å². The van der Waals surface area contributed by atoms with Crippen molar-refractivity contribution in [2.45, 2.75) is 76.5 Å². The maximum Gasteiger partial charge on any atom is 0.241 e. The van der Waals surface area contributed by atoms with E-state index in [0.29, 0.717) is 18.9 Å². The van der Waals surface area contributed by atoms with Crippen LogP contribution < -0.4 is 11.1 Å². The van der Waals surface area contributed by atoms with Crippen LogP contribution in [0.5, 0.6) is 0 Å². The molecule has 3 N–H and O–H groups in total. The van der Waals surface area contributed by atoms with Crippen molar-refractivity contribution in [1.82, 2.24) is 5.32 Å². The summed E-state index contributed by atoms with van der Waals surface area (Å²) in [4.78, 5) is 12.8. The fourth-order valence-electron chi connectivity index (χ4n) is 4.43. The number of benzene rings is 1. The minimum atomic E-state index is -0.816. The lowest BCUT2D eigenvalue weighted by Gasteiger charge is -2.57. The molecule has 2 saturated carbocycles. The van der Waals surface area contributed by atoms with Gasteiger partial charge in [-0.15, -0.1) is 0 Å². The van der Waals surface area contributed by atoms with Gasteiger partial charge in [-0.2, -0.15) is 0 Å². The lowest BCUT2D eigenvalue weighted by molar-refractivity contribution is -0.171. The van der Waals surface area contributed by atoms with E-state index in [0.717, 1.165) is 25.7 Å². The van der Waals surface area contributed by atoms with Crippen LogP contribution in [0.4, 0.5) is 0 Å². The van der Waals surface area contributed by atoms with Crippen molar-refractivity contribution in [3.63, 3.8) is 0 Å². The van der Waals surface area contributed by atoms with Crippen molar-refractivity contribution in [1.29, 1.82) is 0 Å². The van der Waals surface area contributed by atoms with Gasteiger partial charge in [-0.25, -0.2) is 0 Å². The van der Waals surface area contributed by atoms with Gasteiger partial charge in [-0.3, -0.25) is 4.79 Å². The summed E-state index contributed by atoms with van der Waals surface area (Å²) < 4.78 is 5.73. The SMILES string of the molecule is CCOC1CC(N)(C(=O)NC2CCC(c3ccccc3)CC2)C1(C)C. The van der Waals surface area contributed by atoms with Gasteiger partial charge >= 0.3 is 0 Å². The molecular formula is C21H32N2O2. The first-order valence-corrected chi connectivity index (χ1v) is 9.65. The highest BCUT2D eigenvalue weighted by atomic mass is 16.5. The van der Waals surface area contributed by atoms with Crippen LogP contribution in [-0.4, -0.2) is 30.2 Å². The van der Waals surface area contributed by atoms with Crippen molar-refractivity contribution >= 4 is 5.91 Å². The number of nitrogens with one attached hydrogen (secondary N) is 1. The van der Waals surface area contributed by atoms with Crippen LogP contribution in [0.2, 0.25) is 0 Å². The second-order valence-corrected chi connectivity index (χ2v) is 8.27. The molecule has 138 valence electrons. The Labute approximate surface area is 151 Å². The first kappa shape index (κ1) is 18.4. The summed E-state index contributed by atoms with van der Waals surface area (Å²) in [6, 6.07) is 10.9. The van der Waals surface area contributed by atoms with Gasteiger partial charge in [-0.1, -0.05) is 44.2 Å². The van der Waals surface area contributed by atoms with E-state index in [2.05, 4.69) is 35.6 Å². The van der Waals surface area contributed by atoms with Gasteiger partial charge in [0, 0.05) is 24.5 Å². The molecule has 4 nitrogen and oxygen atoms in total. The van der Waals surface area contributed by atoms with Crippen molar-refractivity contribution in [2.24, 2.45) is 11.1 Å². The van der Waals surface area contributed by atoms with E-state index in [4.69, 9.17) is 10.5 Å². The summed E-state index contributed by atoms with van der Waals surface area (Å²) in [6.45, 7) is 6.73. The second-order valence-electron chi connectivity index (χ2n) is 8.27. The zero-order valence-electron chi connectivity index (χ0n) is 15.8. The maximum atomic E-state index is 12.8. The molecule has 1 aromatic rings. The molecule has 1 amide bonds. The van der Waals surface area contributed by atoms with Crippen LogP contribution in [0.25, 0.3) is 0 Å². The molecule has 0 aromatic heterocycles. The number of rotatable bonds is 5. The highest BCUT2D eigenvalue weighted by Crippen LogP contribution is 2.50. The minimum Gasteiger partial charge on any atom is -0.378 e. The predicted molar refractivity (Wildman–Crippen MR) is 100 cm³/mol. The van der Waals surface area contributed by atoms with E-state index in [1.807, 2.05) is 20.8 Å². The van der Waals surface area contributed by atoms with Crippen molar-refractivity contribution in [3.8, 4) is 0 Å². The minimum absolute atomic E-state index is 0.00314. The summed E-state index contributed by atoms with van der Waals surface area (Å²) in [5.74, 6) is 0.611. The van der Waals surface area contributed by atoms with E-state index in [-0.39, 0.29) is 23.5 Å². The third-order valence-corrected chi connectivity index (χ3v) is 6.57. The highest BCUT2D eigenvalue weighted by molar-refractivity contribution is 5.89. The Morgan fingerprint density at radius 2 is 1.84 bits per heavy atom. The molecule has 2 atom stereocenters. The Morgan fingerprint density at radius 3 is 2.40 bits per heavy atom. The second kappa shape index (κ2) is 7.08. The fraction of sp³-hybridized carbons (Fsp3) is 0.667. The molecule has 0 radical (unpaired) electrons. The number of carbonyl (C=O) groups is 1. The van der Waals surface area contributed by atoms with E-state index in [1.54, 1.807) is 0 Å². The first-order chi connectivity index (χ1) is 11.9. The highest BCUT2D eigenvalue weighted by Gasteiger charge is 2.63. The van der Waals surface area contributed by atoms with Crippen molar-refractivity contribution in [2.75, 3.05) is 6.61 Å². The zero-order valence-corrected chi connectivity index (χ0v) is 15.8. The molecule has 2 fully saturated rings. The lowest BCUT2D eigenvalue weighted by Crippen LogP contribution is -2.76. The van der Waals surface area contributed by atoms with Crippen molar-refractivity contribution < 1.29 is 9.53 Å². The maximum absolute atomic E-state index is 12.8. The van der Waals surface area contributed by atoms with Crippen molar-refractivity contribution in [3.05, 3.63) is 35.9 Å². The fourth-order valence-corrected chi connectivity index (χ4v) is 4.43. The molecule has 0 aliphatic heterocycles. The molecule has 25 heavy (non-hydrogen) atoms. The molecule has 0 heterocycles. The summed E-state index contributed by atoms with van der Waals surface area (Å²) in [7, 11) is 0. The van der Waals surface area contributed by atoms with Crippen LogP contribution in [0.15, 0.2) is 30.3 Å². The largest absolute Gasteiger partial charge is 0.378 e. The number of nitrogens with two attached hydrogens (primary N) is 1.